The SMILES string of the molecule is COc1ccc(CC(Br)c2cccc(C)c2Br)cc1OC. The van der Waals surface area contributed by atoms with Gasteiger partial charge < -0.3 is 9.47 Å². The zero-order valence-corrected chi connectivity index (χ0v) is 15.5. The van der Waals surface area contributed by atoms with Crippen LogP contribution in [0.2, 0.25) is 0 Å². The van der Waals surface area contributed by atoms with E-state index in [1.165, 1.54) is 16.7 Å². The first-order valence-corrected chi connectivity index (χ1v) is 8.37. The van der Waals surface area contributed by atoms with E-state index in [2.05, 4.69) is 63.0 Å². The summed E-state index contributed by atoms with van der Waals surface area (Å²) in [6.07, 6.45) is 0.877. The van der Waals surface area contributed by atoms with E-state index in [1.807, 2.05) is 12.1 Å². The molecule has 0 radical (unpaired) electrons. The van der Waals surface area contributed by atoms with Gasteiger partial charge in [-0.25, -0.2) is 0 Å². The van der Waals surface area contributed by atoms with E-state index in [-0.39, 0.29) is 4.83 Å². The van der Waals surface area contributed by atoms with Crippen molar-refractivity contribution in [1.82, 2.24) is 0 Å². The van der Waals surface area contributed by atoms with Gasteiger partial charge in [0.1, 0.15) is 0 Å². The van der Waals surface area contributed by atoms with Crippen molar-refractivity contribution in [2.45, 2.75) is 18.2 Å². The standard InChI is InChI=1S/C17H18Br2O2/c1-11-5-4-6-13(17(11)19)14(18)9-12-7-8-15(20-2)16(10-12)21-3/h4-8,10,14H,9H2,1-3H3. The van der Waals surface area contributed by atoms with Gasteiger partial charge in [0.25, 0.3) is 0 Å². The summed E-state index contributed by atoms with van der Waals surface area (Å²) < 4.78 is 11.8. The Morgan fingerprint density at radius 2 is 1.76 bits per heavy atom. The van der Waals surface area contributed by atoms with Crippen molar-refractivity contribution in [2.24, 2.45) is 0 Å². The average molecular weight is 414 g/mol. The van der Waals surface area contributed by atoms with Crippen molar-refractivity contribution in [1.29, 1.82) is 0 Å². The Labute approximate surface area is 142 Å². The van der Waals surface area contributed by atoms with Crippen LogP contribution in [-0.4, -0.2) is 14.2 Å². The zero-order chi connectivity index (χ0) is 15.4. The second kappa shape index (κ2) is 7.32. The smallest absolute Gasteiger partial charge is 0.160 e. The first kappa shape index (κ1) is 16.4. The maximum atomic E-state index is 5.36. The molecule has 2 nitrogen and oxygen atoms in total. The molecule has 2 rings (SSSR count). The van der Waals surface area contributed by atoms with Crippen molar-refractivity contribution in [2.75, 3.05) is 14.2 Å². The van der Waals surface area contributed by atoms with Crippen molar-refractivity contribution in [3.63, 3.8) is 0 Å². The lowest BCUT2D eigenvalue weighted by Gasteiger charge is -2.15. The molecule has 0 amide bonds. The van der Waals surface area contributed by atoms with Crippen molar-refractivity contribution in [3.05, 3.63) is 57.6 Å². The molecule has 0 aromatic heterocycles. The first-order valence-electron chi connectivity index (χ1n) is 6.66. The number of alkyl halides is 1. The maximum Gasteiger partial charge on any atom is 0.160 e. The molecule has 0 aliphatic rings. The van der Waals surface area contributed by atoms with E-state index in [9.17, 15) is 0 Å². The number of aryl methyl sites for hydroxylation is 1. The average Bonchev–Trinajstić information content (AvgIpc) is 2.49. The van der Waals surface area contributed by atoms with Crippen LogP contribution in [0.4, 0.5) is 0 Å². The number of hydrogen-bond acceptors (Lipinski definition) is 2. The van der Waals surface area contributed by atoms with Crippen LogP contribution in [0.5, 0.6) is 11.5 Å². The van der Waals surface area contributed by atoms with Gasteiger partial charge in [-0.3, -0.25) is 0 Å². The van der Waals surface area contributed by atoms with Gasteiger partial charge in [-0.1, -0.05) is 56.1 Å². The van der Waals surface area contributed by atoms with Crippen LogP contribution in [0.25, 0.3) is 0 Å². The molecule has 0 aliphatic heterocycles. The molecule has 0 fully saturated rings. The molecule has 0 aliphatic carbocycles. The molecule has 0 heterocycles. The molecule has 0 spiro atoms. The highest BCUT2D eigenvalue weighted by molar-refractivity contribution is 9.11. The van der Waals surface area contributed by atoms with Crippen LogP contribution in [-0.2, 0) is 6.42 Å². The summed E-state index contributed by atoms with van der Waals surface area (Å²) in [5.41, 5.74) is 3.69. The monoisotopic (exact) mass is 412 g/mol. The van der Waals surface area contributed by atoms with Gasteiger partial charge in [0, 0.05) is 9.30 Å². The fourth-order valence-corrected chi connectivity index (χ4v) is 3.84. The summed E-state index contributed by atoms with van der Waals surface area (Å²) in [4.78, 5) is 0.241. The quantitative estimate of drug-likeness (QED) is 0.606. The van der Waals surface area contributed by atoms with Crippen LogP contribution >= 0.6 is 31.9 Å². The lowest BCUT2D eigenvalue weighted by atomic mass is 10.0. The van der Waals surface area contributed by atoms with Gasteiger partial charge in [0.15, 0.2) is 11.5 Å². The number of methoxy groups -OCH3 is 2. The Hall–Kier alpha value is -1.00. The molecule has 4 heteroatoms. The van der Waals surface area contributed by atoms with Crippen LogP contribution in [0, 0.1) is 6.92 Å². The summed E-state index contributed by atoms with van der Waals surface area (Å²) >= 11 is 7.46. The lowest BCUT2D eigenvalue weighted by Crippen LogP contribution is -1.99. The minimum atomic E-state index is 0.241. The third kappa shape index (κ3) is 3.80. The fraction of sp³-hybridized carbons (Fsp3) is 0.294. The fourth-order valence-electron chi connectivity index (χ4n) is 2.24. The van der Waals surface area contributed by atoms with E-state index in [4.69, 9.17) is 9.47 Å². The summed E-state index contributed by atoms with van der Waals surface area (Å²) in [6, 6.07) is 12.4. The molecule has 1 unspecified atom stereocenters. The summed E-state index contributed by atoms with van der Waals surface area (Å²) in [5.74, 6) is 1.52. The third-order valence-electron chi connectivity index (χ3n) is 3.42. The summed E-state index contributed by atoms with van der Waals surface area (Å²) in [5, 5.41) is 0. The molecule has 0 bridgehead atoms. The number of halogens is 2. The molecule has 0 saturated heterocycles. The summed E-state index contributed by atoms with van der Waals surface area (Å²) in [6.45, 7) is 2.10. The molecule has 0 saturated carbocycles. The summed E-state index contributed by atoms with van der Waals surface area (Å²) in [7, 11) is 3.30. The topological polar surface area (TPSA) is 18.5 Å². The van der Waals surface area contributed by atoms with E-state index in [0.717, 1.165) is 22.4 Å². The van der Waals surface area contributed by atoms with Gasteiger partial charge in [0.05, 0.1) is 14.2 Å². The Morgan fingerprint density at radius 3 is 2.43 bits per heavy atom. The van der Waals surface area contributed by atoms with E-state index in [0.29, 0.717) is 0 Å². The van der Waals surface area contributed by atoms with E-state index >= 15 is 0 Å². The van der Waals surface area contributed by atoms with Gasteiger partial charge in [-0.15, -0.1) is 0 Å². The molecular weight excluding hydrogens is 396 g/mol. The van der Waals surface area contributed by atoms with Gasteiger partial charge in [-0.05, 0) is 42.2 Å². The Morgan fingerprint density at radius 1 is 1.05 bits per heavy atom. The van der Waals surface area contributed by atoms with Crippen LogP contribution in [0.3, 0.4) is 0 Å². The largest absolute Gasteiger partial charge is 0.493 e. The van der Waals surface area contributed by atoms with Gasteiger partial charge >= 0.3 is 0 Å². The van der Waals surface area contributed by atoms with Gasteiger partial charge in [0.2, 0.25) is 0 Å². The second-order valence-corrected chi connectivity index (χ2v) is 6.74. The molecule has 2 aromatic carbocycles. The molecule has 0 N–H and O–H groups in total. The second-order valence-electron chi connectivity index (χ2n) is 4.84. The lowest BCUT2D eigenvalue weighted by molar-refractivity contribution is 0.354. The maximum absolute atomic E-state index is 5.36. The minimum absolute atomic E-state index is 0.241. The number of rotatable bonds is 5. The Kier molecular flexibility index (Phi) is 5.71. The number of ether oxygens (including phenoxy) is 2. The van der Waals surface area contributed by atoms with Crippen molar-refractivity contribution >= 4 is 31.9 Å². The van der Waals surface area contributed by atoms with Gasteiger partial charge in [-0.2, -0.15) is 0 Å². The van der Waals surface area contributed by atoms with Crippen LogP contribution in [0.1, 0.15) is 21.5 Å². The molecule has 2 aromatic rings. The Balaban J connectivity index is 2.23. The number of benzene rings is 2. The highest BCUT2D eigenvalue weighted by Gasteiger charge is 2.14. The number of hydrogen-bond donors (Lipinski definition) is 0. The third-order valence-corrected chi connectivity index (χ3v) is 5.32. The molecule has 21 heavy (non-hydrogen) atoms. The van der Waals surface area contributed by atoms with Crippen LogP contribution < -0.4 is 9.47 Å². The first-order chi connectivity index (χ1) is 10.1. The molecular formula is C17H18Br2O2. The predicted molar refractivity (Wildman–Crippen MR) is 93.8 cm³/mol. The normalized spacial score (nSPS) is 12.0. The highest BCUT2D eigenvalue weighted by atomic mass is 79.9. The molecule has 1 atom stereocenters. The van der Waals surface area contributed by atoms with E-state index in [1.54, 1.807) is 14.2 Å². The predicted octanol–water partition coefficient (Wildman–Crippen LogP) is 5.45. The van der Waals surface area contributed by atoms with E-state index < -0.39 is 0 Å². The molecule has 112 valence electrons. The highest BCUT2D eigenvalue weighted by Crippen LogP contribution is 2.36. The Bertz CT molecular complexity index is 626. The van der Waals surface area contributed by atoms with Crippen molar-refractivity contribution in [3.8, 4) is 11.5 Å². The van der Waals surface area contributed by atoms with Crippen molar-refractivity contribution < 1.29 is 9.47 Å². The van der Waals surface area contributed by atoms with Crippen LogP contribution in [0.15, 0.2) is 40.9 Å². The minimum Gasteiger partial charge on any atom is -0.493 e. The zero-order valence-electron chi connectivity index (χ0n) is 12.3.